The molecule has 0 radical (unpaired) electrons. The first-order chi connectivity index (χ1) is 17.3. The van der Waals surface area contributed by atoms with Crippen molar-refractivity contribution in [3.8, 4) is 11.5 Å². The highest BCUT2D eigenvalue weighted by Gasteiger charge is 2.30. The van der Waals surface area contributed by atoms with Crippen LogP contribution in [0.4, 0.5) is 5.69 Å². The van der Waals surface area contributed by atoms with Crippen molar-refractivity contribution in [2.75, 3.05) is 44.7 Å². The van der Waals surface area contributed by atoms with Crippen LogP contribution >= 0.6 is 0 Å². The first-order valence-corrected chi connectivity index (χ1v) is 14.1. The topological polar surface area (TPSA) is 88.2 Å². The summed E-state index contributed by atoms with van der Waals surface area (Å²) in [5, 5.41) is 2.91. The highest BCUT2D eigenvalue weighted by Crippen LogP contribution is 2.35. The van der Waals surface area contributed by atoms with Gasteiger partial charge in [0.05, 0.1) is 24.8 Å². The molecule has 0 bridgehead atoms. The zero-order valence-electron chi connectivity index (χ0n) is 21.8. The first kappa shape index (κ1) is 27.8. The zero-order valence-corrected chi connectivity index (χ0v) is 22.6. The van der Waals surface area contributed by atoms with Crippen molar-refractivity contribution >= 4 is 21.6 Å². The summed E-state index contributed by atoms with van der Waals surface area (Å²) in [6, 6.07) is 12.1. The summed E-state index contributed by atoms with van der Waals surface area (Å²) >= 11 is 0. The molecule has 8 nitrogen and oxygen atoms in total. The van der Waals surface area contributed by atoms with Gasteiger partial charge >= 0.3 is 0 Å². The molecule has 198 valence electrons. The van der Waals surface area contributed by atoms with Gasteiger partial charge in [-0.25, -0.2) is 8.42 Å². The number of hydrogen-bond acceptors (Lipinski definition) is 6. The molecule has 1 unspecified atom stereocenters. The van der Waals surface area contributed by atoms with Gasteiger partial charge in [-0.15, -0.1) is 0 Å². The van der Waals surface area contributed by atoms with Gasteiger partial charge in [-0.2, -0.15) is 0 Å². The Morgan fingerprint density at radius 2 is 1.86 bits per heavy atom. The Bertz CT molecular complexity index is 1100. The molecule has 0 aromatic heterocycles. The molecule has 2 aromatic carbocycles. The minimum atomic E-state index is -4.05. The van der Waals surface area contributed by atoms with Crippen LogP contribution in [0.5, 0.6) is 11.5 Å². The maximum Gasteiger partial charge on any atom is 0.264 e. The molecule has 9 heteroatoms. The van der Waals surface area contributed by atoms with Gasteiger partial charge < -0.3 is 19.7 Å². The summed E-state index contributed by atoms with van der Waals surface area (Å²) in [6.45, 7) is 6.25. The molecule has 0 spiro atoms. The van der Waals surface area contributed by atoms with Crippen molar-refractivity contribution in [1.82, 2.24) is 10.2 Å². The van der Waals surface area contributed by atoms with Crippen molar-refractivity contribution < 1.29 is 22.7 Å². The molecule has 3 rings (SSSR count). The van der Waals surface area contributed by atoms with E-state index in [4.69, 9.17) is 9.47 Å². The Morgan fingerprint density at radius 1 is 1.11 bits per heavy atom. The quantitative estimate of drug-likeness (QED) is 0.429. The summed E-state index contributed by atoms with van der Waals surface area (Å²) in [5.41, 5.74) is 1.18. The maximum absolute atomic E-state index is 13.7. The van der Waals surface area contributed by atoms with E-state index >= 15 is 0 Å². The Kier molecular flexibility index (Phi) is 10.0. The molecule has 1 N–H and O–H groups in total. The van der Waals surface area contributed by atoms with Gasteiger partial charge in [0.15, 0.2) is 0 Å². The first-order valence-electron chi connectivity index (χ1n) is 12.6. The molecule has 1 heterocycles. The van der Waals surface area contributed by atoms with E-state index in [0.717, 1.165) is 35.8 Å². The van der Waals surface area contributed by atoms with Crippen LogP contribution in [0.1, 0.15) is 44.6 Å². The van der Waals surface area contributed by atoms with Gasteiger partial charge in [-0.1, -0.05) is 31.0 Å². The number of rotatable bonds is 12. The predicted molar refractivity (Wildman–Crippen MR) is 142 cm³/mol. The lowest BCUT2D eigenvalue weighted by Gasteiger charge is -2.35. The molecule has 1 aliphatic heterocycles. The molecule has 1 saturated heterocycles. The lowest BCUT2D eigenvalue weighted by atomic mass is 10.00. The number of piperidine rings is 1. The van der Waals surface area contributed by atoms with Crippen LogP contribution in [0.3, 0.4) is 0 Å². The molecule has 1 fully saturated rings. The number of amides is 1. The number of ether oxygens (including phenoxy) is 2. The van der Waals surface area contributed by atoms with Gasteiger partial charge in [0.1, 0.15) is 18.0 Å². The van der Waals surface area contributed by atoms with E-state index in [1.54, 1.807) is 42.5 Å². The summed E-state index contributed by atoms with van der Waals surface area (Å²) in [7, 11) is -1.09. The van der Waals surface area contributed by atoms with Gasteiger partial charge in [0, 0.05) is 25.2 Å². The number of carbonyl (C=O) groups is 1. The highest BCUT2D eigenvalue weighted by molar-refractivity contribution is 7.92. The molecular weight excluding hydrogens is 478 g/mol. The third kappa shape index (κ3) is 6.91. The number of methoxy groups -OCH3 is 2. The number of nitrogens with one attached hydrogen (secondary N) is 1. The van der Waals surface area contributed by atoms with Crippen LogP contribution in [0, 0.1) is 6.92 Å². The van der Waals surface area contributed by atoms with Crippen LogP contribution in [-0.2, 0) is 14.8 Å². The van der Waals surface area contributed by atoms with Crippen LogP contribution in [-0.4, -0.2) is 65.7 Å². The molecule has 2 aromatic rings. The number of carbonyl (C=O) groups excluding carboxylic acids is 1. The Labute approximate surface area is 215 Å². The largest absolute Gasteiger partial charge is 0.497 e. The van der Waals surface area contributed by atoms with Crippen LogP contribution in [0.15, 0.2) is 47.4 Å². The van der Waals surface area contributed by atoms with E-state index in [-0.39, 0.29) is 23.0 Å². The Balaban J connectivity index is 1.77. The molecule has 36 heavy (non-hydrogen) atoms. The highest BCUT2D eigenvalue weighted by atomic mass is 32.2. The van der Waals surface area contributed by atoms with Crippen LogP contribution < -0.4 is 19.1 Å². The van der Waals surface area contributed by atoms with Crippen molar-refractivity contribution in [2.24, 2.45) is 0 Å². The van der Waals surface area contributed by atoms with Crippen LogP contribution in [0.2, 0.25) is 0 Å². The number of hydrogen-bond donors (Lipinski definition) is 1. The second-order valence-corrected chi connectivity index (χ2v) is 11.0. The molecule has 1 atom stereocenters. The van der Waals surface area contributed by atoms with Crippen molar-refractivity contribution in [3.63, 3.8) is 0 Å². The normalized spacial score (nSPS) is 16.4. The lowest BCUT2D eigenvalue weighted by molar-refractivity contribution is -0.119. The number of likely N-dealkylation sites (tertiary alicyclic amines) is 1. The van der Waals surface area contributed by atoms with E-state index < -0.39 is 10.0 Å². The second kappa shape index (κ2) is 13.0. The molecule has 0 saturated carbocycles. The summed E-state index contributed by atoms with van der Waals surface area (Å²) < 4.78 is 39.2. The zero-order chi connectivity index (χ0) is 26.1. The molecule has 0 aliphatic carbocycles. The fraction of sp³-hybridized carbons (Fsp3) is 0.519. The SMILES string of the molecule is CCC1CCCCN1CCCNC(=O)CN(c1cc(OC)ccc1OC)S(=O)(=O)c1ccc(C)cc1. The minimum Gasteiger partial charge on any atom is -0.497 e. The lowest BCUT2D eigenvalue weighted by Crippen LogP contribution is -2.43. The Morgan fingerprint density at radius 3 is 2.53 bits per heavy atom. The monoisotopic (exact) mass is 517 g/mol. The third-order valence-electron chi connectivity index (χ3n) is 6.72. The fourth-order valence-corrected chi connectivity index (χ4v) is 6.07. The number of benzene rings is 2. The van der Waals surface area contributed by atoms with E-state index in [2.05, 4.69) is 17.1 Å². The molecular formula is C27H39N3O5S. The van der Waals surface area contributed by atoms with E-state index in [1.165, 1.54) is 33.5 Å². The van der Waals surface area contributed by atoms with Gasteiger partial charge in [-0.05, 0) is 63.4 Å². The average molecular weight is 518 g/mol. The maximum atomic E-state index is 13.7. The number of sulfonamides is 1. The Hall–Kier alpha value is -2.78. The van der Waals surface area contributed by atoms with Gasteiger partial charge in [0.25, 0.3) is 10.0 Å². The second-order valence-electron chi connectivity index (χ2n) is 9.16. The number of anilines is 1. The average Bonchev–Trinajstić information content (AvgIpc) is 2.89. The van der Waals surface area contributed by atoms with E-state index in [9.17, 15) is 13.2 Å². The number of nitrogens with zero attached hydrogens (tertiary/aromatic N) is 2. The fourth-order valence-electron chi connectivity index (χ4n) is 4.64. The van der Waals surface area contributed by atoms with Gasteiger partial charge in [-0.3, -0.25) is 9.10 Å². The smallest absolute Gasteiger partial charge is 0.264 e. The van der Waals surface area contributed by atoms with Gasteiger partial charge in [0.2, 0.25) is 5.91 Å². The van der Waals surface area contributed by atoms with Crippen molar-refractivity contribution in [3.05, 3.63) is 48.0 Å². The van der Waals surface area contributed by atoms with E-state index in [0.29, 0.717) is 24.1 Å². The predicted octanol–water partition coefficient (Wildman–Crippen LogP) is 3.98. The van der Waals surface area contributed by atoms with Crippen molar-refractivity contribution in [2.45, 2.75) is 56.9 Å². The summed E-state index contributed by atoms with van der Waals surface area (Å²) in [5.74, 6) is 0.415. The summed E-state index contributed by atoms with van der Waals surface area (Å²) in [6.07, 6.45) is 5.69. The van der Waals surface area contributed by atoms with Crippen LogP contribution in [0.25, 0.3) is 0 Å². The number of aryl methyl sites for hydroxylation is 1. The minimum absolute atomic E-state index is 0.0986. The third-order valence-corrected chi connectivity index (χ3v) is 8.49. The standard InChI is InChI=1S/C27H39N3O5S/c1-5-22-9-6-7-17-29(22)18-8-16-28-27(31)20-30(25-19-23(34-3)12-15-26(25)35-4)36(32,33)24-13-10-21(2)11-14-24/h10-15,19,22H,5-9,16-18,20H2,1-4H3,(H,28,31). The molecule has 1 amide bonds. The summed E-state index contributed by atoms with van der Waals surface area (Å²) in [4.78, 5) is 15.6. The van der Waals surface area contributed by atoms with Crippen molar-refractivity contribution in [1.29, 1.82) is 0 Å². The molecule has 1 aliphatic rings. The van der Waals surface area contributed by atoms with E-state index in [1.807, 2.05) is 6.92 Å².